The Morgan fingerprint density at radius 1 is 1.17 bits per heavy atom. The van der Waals surface area contributed by atoms with Crippen LogP contribution < -0.4 is 0 Å². The number of halogens is 1. The first-order valence-corrected chi connectivity index (χ1v) is 12.4. The van der Waals surface area contributed by atoms with E-state index in [1.165, 1.54) is 22.3 Å². The standard InChI is InChI=1S/C20H27ClOSi/c1-13-17-10-16(22)11-20(17,2)12-18(23(3,4)5)19(13)14-6-8-15(21)9-7-14/h6-9,16,22H,10-12H2,1-5H3/t16-,20+/m0/s1. The first-order valence-electron chi connectivity index (χ1n) is 8.50. The van der Waals surface area contributed by atoms with Crippen LogP contribution in [0.25, 0.3) is 5.57 Å². The van der Waals surface area contributed by atoms with Gasteiger partial charge in [0.15, 0.2) is 0 Å². The molecule has 124 valence electrons. The summed E-state index contributed by atoms with van der Waals surface area (Å²) in [5.41, 5.74) is 5.73. The van der Waals surface area contributed by atoms with Gasteiger partial charge in [-0.1, -0.05) is 61.1 Å². The Bertz CT molecular complexity index is 693. The molecule has 0 unspecified atom stereocenters. The van der Waals surface area contributed by atoms with Gasteiger partial charge in [0.2, 0.25) is 0 Å². The Hall–Kier alpha value is -0.833. The molecule has 0 spiro atoms. The molecule has 1 fully saturated rings. The van der Waals surface area contributed by atoms with Crippen molar-refractivity contribution in [2.75, 3.05) is 0 Å². The third-order valence-corrected chi connectivity index (χ3v) is 8.08. The molecule has 0 aromatic heterocycles. The van der Waals surface area contributed by atoms with Crippen LogP contribution >= 0.6 is 11.6 Å². The number of benzene rings is 1. The van der Waals surface area contributed by atoms with E-state index < -0.39 is 8.07 Å². The molecule has 2 aliphatic carbocycles. The number of hydrogen-bond donors (Lipinski definition) is 1. The summed E-state index contributed by atoms with van der Waals surface area (Å²) >= 11 is 6.09. The van der Waals surface area contributed by atoms with E-state index in [1.54, 1.807) is 5.20 Å². The molecule has 0 saturated heterocycles. The van der Waals surface area contributed by atoms with E-state index in [0.717, 1.165) is 24.3 Å². The molecule has 2 atom stereocenters. The van der Waals surface area contributed by atoms with Gasteiger partial charge in [-0.15, -0.1) is 0 Å². The molecule has 3 rings (SSSR count). The van der Waals surface area contributed by atoms with Crippen LogP contribution in [0.1, 0.15) is 38.7 Å². The van der Waals surface area contributed by atoms with Gasteiger partial charge in [0, 0.05) is 5.02 Å². The second-order valence-corrected chi connectivity index (χ2v) is 14.1. The van der Waals surface area contributed by atoms with Gasteiger partial charge in [-0.2, -0.15) is 0 Å². The molecule has 1 nitrogen and oxygen atoms in total. The van der Waals surface area contributed by atoms with Crippen molar-refractivity contribution in [1.82, 2.24) is 0 Å². The topological polar surface area (TPSA) is 20.2 Å². The highest BCUT2D eigenvalue weighted by Gasteiger charge is 2.45. The molecule has 0 aliphatic heterocycles. The van der Waals surface area contributed by atoms with Crippen LogP contribution in [0.2, 0.25) is 24.7 Å². The van der Waals surface area contributed by atoms with Gasteiger partial charge < -0.3 is 5.11 Å². The van der Waals surface area contributed by atoms with E-state index in [4.69, 9.17) is 11.6 Å². The number of rotatable bonds is 2. The summed E-state index contributed by atoms with van der Waals surface area (Å²) in [7, 11) is -1.46. The van der Waals surface area contributed by atoms with E-state index in [-0.39, 0.29) is 11.5 Å². The largest absolute Gasteiger partial charge is 0.393 e. The second-order valence-electron chi connectivity index (χ2n) is 8.51. The van der Waals surface area contributed by atoms with Gasteiger partial charge in [0.05, 0.1) is 14.2 Å². The molecule has 1 N–H and O–H groups in total. The van der Waals surface area contributed by atoms with Crippen LogP contribution in [0, 0.1) is 5.41 Å². The number of allylic oxidation sites excluding steroid dienone is 3. The van der Waals surface area contributed by atoms with Crippen molar-refractivity contribution in [2.24, 2.45) is 5.41 Å². The van der Waals surface area contributed by atoms with Crippen LogP contribution in [-0.4, -0.2) is 19.3 Å². The average Bonchev–Trinajstić information content (AvgIpc) is 2.74. The molecule has 0 heterocycles. The molecular weight excluding hydrogens is 320 g/mol. The zero-order valence-corrected chi connectivity index (χ0v) is 16.6. The maximum atomic E-state index is 10.3. The van der Waals surface area contributed by atoms with E-state index in [9.17, 15) is 5.11 Å². The minimum Gasteiger partial charge on any atom is -0.393 e. The summed E-state index contributed by atoms with van der Waals surface area (Å²) in [4.78, 5) is 0. The lowest BCUT2D eigenvalue weighted by Gasteiger charge is -2.40. The minimum absolute atomic E-state index is 0.148. The third-order valence-electron chi connectivity index (χ3n) is 5.59. The van der Waals surface area contributed by atoms with Crippen molar-refractivity contribution in [3.05, 3.63) is 51.2 Å². The minimum atomic E-state index is -1.46. The number of fused-ring (bicyclic) bond motifs is 1. The Morgan fingerprint density at radius 2 is 1.78 bits per heavy atom. The molecule has 3 heteroatoms. The number of hydrogen-bond acceptors (Lipinski definition) is 1. The Morgan fingerprint density at radius 3 is 2.35 bits per heavy atom. The van der Waals surface area contributed by atoms with Crippen LogP contribution in [0.5, 0.6) is 0 Å². The molecule has 0 amide bonds. The van der Waals surface area contributed by atoms with Crippen molar-refractivity contribution in [1.29, 1.82) is 0 Å². The molecule has 1 saturated carbocycles. The smallest absolute Gasteiger partial charge is 0.0733 e. The number of aliphatic hydroxyl groups is 1. The van der Waals surface area contributed by atoms with E-state index in [0.29, 0.717) is 0 Å². The SMILES string of the molecule is CC1=C2C[C@H](O)C[C@]2(C)CC([Si](C)(C)C)=C1c1ccc(Cl)cc1. The quantitative estimate of drug-likeness (QED) is 0.665. The fraction of sp³-hybridized carbons (Fsp3) is 0.500. The summed E-state index contributed by atoms with van der Waals surface area (Å²) in [5, 5.41) is 12.7. The van der Waals surface area contributed by atoms with Gasteiger partial charge in [-0.3, -0.25) is 0 Å². The van der Waals surface area contributed by atoms with Crippen molar-refractivity contribution in [3.8, 4) is 0 Å². The van der Waals surface area contributed by atoms with Crippen LogP contribution in [0.15, 0.2) is 40.6 Å². The van der Waals surface area contributed by atoms with Crippen LogP contribution in [-0.2, 0) is 0 Å². The Balaban J connectivity index is 2.22. The molecule has 1 aromatic carbocycles. The van der Waals surface area contributed by atoms with Gasteiger partial charge in [-0.05, 0) is 60.4 Å². The van der Waals surface area contributed by atoms with E-state index >= 15 is 0 Å². The summed E-state index contributed by atoms with van der Waals surface area (Å²) in [6.45, 7) is 11.9. The summed E-state index contributed by atoms with van der Waals surface area (Å²) in [6.07, 6.45) is 2.65. The normalized spacial score (nSPS) is 28.4. The fourth-order valence-corrected chi connectivity index (χ4v) is 6.61. The zero-order chi connectivity index (χ0) is 17.0. The first kappa shape index (κ1) is 17.0. The molecular formula is C20H27ClOSi. The average molecular weight is 347 g/mol. The highest BCUT2D eigenvalue weighted by atomic mass is 35.5. The van der Waals surface area contributed by atoms with Gasteiger partial charge in [0.25, 0.3) is 0 Å². The predicted molar refractivity (Wildman–Crippen MR) is 102 cm³/mol. The third kappa shape index (κ3) is 2.97. The molecule has 1 aromatic rings. The summed E-state index contributed by atoms with van der Waals surface area (Å²) < 4.78 is 0. The van der Waals surface area contributed by atoms with Gasteiger partial charge in [0.1, 0.15) is 0 Å². The van der Waals surface area contributed by atoms with Crippen molar-refractivity contribution in [2.45, 2.75) is 58.9 Å². The van der Waals surface area contributed by atoms with Gasteiger partial charge in [-0.25, -0.2) is 0 Å². The number of aliphatic hydroxyl groups excluding tert-OH is 1. The zero-order valence-electron chi connectivity index (χ0n) is 14.8. The summed E-state index contributed by atoms with van der Waals surface area (Å²) in [5.74, 6) is 0. The molecule has 2 aliphatic rings. The Kier molecular flexibility index (Phi) is 4.15. The maximum absolute atomic E-state index is 10.3. The Labute approximate surface area is 146 Å². The molecule has 23 heavy (non-hydrogen) atoms. The molecule has 0 bridgehead atoms. The lowest BCUT2D eigenvalue weighted by molar-refractivity contribution is 0.164. The van der Waals surface area contributed by atoms with E-state index in [2.05, 4.69) is 45.6 Å². The molecule has 0 radical (unpaired) electrons. The second kappa shape index (κ2) is 5.61. The summed E-state index contributed by atoms with van der Waals surface area (Å²) in [6, 6.07) is 8.27. The highest BCUT2D eigenvalue weighted by molar-refractivity contribution is 6.84. The highest BCUT2D eigenvalue weighted by Crippen LogP contribution is 2.56. The lowest BCUT2D eigenvalue weighted by atomic mass is 9.72. The fourth-order valence-electron chi connectivity index (χ4n) is 4.49. The monoisotopic (exact) mass is 346 g/mol. The van der Waals surface area contributed by atoms with E-state index in [1.807, 2.05) is 12.1 Å². The van der Waals surface area contributed by atoms with Crippen molar-refractivity contribution < 1.29 is 5.11 Å². The lowest BCUT2D eigenvalue weighted by Crippen LogP contribution is -2.33. The van der Waals surface area contributed by atoms with Crippen LogP contribution in [0.3, 0.4) is 0 Å². The van der Waals surface area contributed by atoms with Crippen LogP contribution in [0.4, 0.5) is 0 Å². The predicted octanol–water partition coefficient (Wildman–Crippen LogP) is 5.85. The maximum Gasteiger partial charge on any atom is 0.0733 e. The van der Waals surface area contributed by atoms with Crippen molar-refractivity contribution in [3.63, 3.8) is 0 Å². The first-order chi connectivity index (χ1) is 10.6. The van der Waals surface area contributed by atoms with Gasteiger partial charge >= 0.3 is 0 Å². The van der Waals surface area contributed by atoms with Crippen molar-refractivity contribution >= 4 is 25.2 Å².